The molecule has 0 amide bonds. The second-order valence-corrected chi connectivity index (χ2v) is 8.34. The van der Waals surface area contributed by atoms with E-state index in [-0.39, 0.29) is 12.4 Å². The predicted octanol–water partition coefficient (Wildman–Crippen LogP) is 7.52. The van der Waals surface area contributed by atoms with E-state index in [9.17, 15) is 0 Å². The highest BCUT2D eigenvalue weighted by Gasteiger charge is 2.11. The standard InChI is InChI=1S/C26H19Cl2N3O.ClH/c27-19-10-12-25(32-16-17-5-2-1-3-6-17)18(13-19)14-21-7-4-8-23(29-21)26-30-22-11-9-20(28)15-24(22)31-26;/h1-13,15H,14,16H2,(H,30,31);1H. The second kappa shape index (κ2) is 10.3. The van der Waals surface area contributed by atoms with Crippen molar-refractivity contribution < 1.29 is 4.74 Å². The lowest BCUT2D eigenvalue weighted by Crippen LogP contribution is -2.01. The van der Waals surface area contributed by atoms with Gasteiger partial charge in [0.1, 0.15) is 18.1 Å². The zero-order chi connectivity index (χ0) is 21.9. The van der Waals surface area contributed by atoms with Crippen molar-refractivity contribution in [2.45, 2.75) is 13.0 Å². The van der Waals surface area contributed by atoms with Gasteiger partial charge >= 0.3 is 0 Å². The molecule has 2 aromatic heterocycles. The molecule has 0 unspecified atom stereocenters. The molecule has 0 spiro atoms. The minimum absolute atomic E-state index is 0. The summed E-state index contributed by atoms with van der Waals surface area (Å²) in [5.41, 5.74) is 5.48. The normalized spacial score (nSPS) is 10.7. The lowest BCUT2D eigenvalue weighted by molar-refractivity contribution is 0.303. The molecule has 1 N–H and O–H groups in total. The van der Waals surface area contributed by atoms with Crippen LogP contribution in [0.4, 0.5) is 0 Å². The molecule has 0 saturated heterocycles. The molecule has 0 aliphatic carbocycles. The van der Waals surface area contributed by atoms with Crippen molar-refractivity contribution in [2.75, 3.05) is 0 Å². The Balaban J connectivity index is 0.00000259. The fourth-order valence-corrected chi connectivity index (χ4v) is 3.94. The van der Waals surface area contributed by atoms with Crippen LogP contribution >= 0.6 is 35.6 Å². The first-order valence-corrected chi connectivity index (χ1v) is 11.0. The number of nitrogens with one attached hydrogen (secondary N) is 1. The van der Waals surface area contributed by atoms with Crippen LogP contribution in [0.15, 0.2) is 84.9 Å². The molecule has 0 fully saturated rings. The van der Waals surface area contributed by atoms with Crippen LogP contribution in [0.25, 0.3) is 22.6 Å². The summed E-state index contributed by atoms with van der Waals surface area (Å²) in [6.45, 7) is 0.491. The van der Waals surface area contributed by atoms with Crippen molar-refractivity contribution in [1.29, 1.82) is 0 Å². The van der Waals surface area contributed by atoms with E-state index in [1.807, 2.05) is 84.9 Å². The molecule has 0 aliphatic rings. The lowest BCUT2D eigenvalue weighted by atomic mass is 10.1. The predicted molar refractivity (Wildman–Crippen MR) is 137 cm³/mol. The number of benzene rings is 3. The van der Waals surface area contributed by atoms with Gasteiger partial charge in [0.05, 0.1) is 11.0 Å². The van der Waals surface area contributed by atoms with Crippen LogP contribution in [0.1, 0.15) is 16.8 Å². The quantitative estimate of drug-likeness (QED) is 0.264. The number of H-pyrrole nitrogens is 1. The van der Waals surface area contributed by atoms with Crippen molar-refractivity contribution in [1.82, 2.24) is 15.0 Å². The van der Waals surface area contributed by atoms with Crippen LogP contribution in [0, 0.1) is 0 Å². The third-order valence-electron chi connectivity index (χ3n) is 5.12. The third kappa shape index (κ3) is 5.48. The van der Waals surface area contributed by atoms with Crippen LogP contribution in [0.5, 0.6) is 5.75 Å². The number of hydrogen-bond donors (Lipinski definition) is 1. The maximum Gasteiger partial charge on any atom is 0.157 e. The van der Waals surface area contributed by atoms with Gasteiger partial charge in [-0.1, -0.05) is 59.6 Å². The van der Waals surface area contributed by atoms with Gasteiger partial charge in [-0.15, -0.1) is 12.4 Å². The third-order valence-corrected chi connectivity index (χ3v) is 5.59. The number of pyridine rings is 1. The Bertz CT molecular complexity index is 1390. The Kier molecular flexibility index (Phi) is 7.19. The van der Waals surface area contributed by atoms with E-state index in [2.05, 4.69) is 9.97 Å². The number of nitrogens with zero attached hydrogens (tertiary/aromatic N) is 2. The Hall–Kier alpha value is -3.05. The minimum Gasteiger partial charge on any atom is -0.489 e. The summed E-state index contributed by atoms with van der Waals surface area (Å²) < 4.78 is 6.10. The van der Waals surface area contributed by atoms with Gasteiger partial charge in [0, 0.05) is 27.7 Å². The number of fused-ring (bicyclic) bond motifs is 1. The second-order valence-electron chi connectivity index (χ2n) is 7.46. The summed E-state index contributed by atoms with van der Waals surface area (Å²) in [6, 6.07) is 27.3. The van der Waals surface area contributed by atoms with Crippen LogP contribution in [-0.4, -0.2) is 15.0 Å². The topological polar surface area (TPSA) is 50.8 Å². The van der Waals surface area contributed by atoms with Gasteiger partial charge in [0.25, 0.3) is 0 Å². The molecule has 2 heterocycles. The first-order valence-electron chi connectivity index (χ1n) is 10.2. The molecule has 5 aromatic rings. The van der Waals surface area contributed by atoms with Gasteiger partial charge in [-0.25, -0.2) is 9.97 Å². The first-order chi connectivity index (χ1) is 15.6. The van der Waals surface area contributed by atoms with Gasteiger partial charge in [-0.2, -0.15) is 0 Å². The van der Waals surface area contributed by atoms with Crippen LogP contribution in [-0.2, 0) is 13.0 Å². The first kappa shape index (κ1) is 23.1. The number of aromatic amines is 1. The lowest BCUT2D eigenvalue weighted by Gasteiger charge is -2.12. The molecule has 7 heteroatoms. The van der Waals surface area contributed by atoms with Crippen LogP contribution < -0.4 is 4.74 Å². The Morgan fingerprint density at radius 2 is 1.58 bits per heavy atom. The summed E-state index contributed by atoms with van der Waals surface area (Å²) in [5, 5.41) is 1.33. The molecular formula is C26H20Cl3N3O. The molecule has 0 atom stereocenters. The van der Waals surface area contributed by atoms with Crippen LogP contribution in [0.3, 0.4) is 0 Å². The van der Waals surface area contributed by atoms with E-state index in [1.165, 1.54) is 0 Å². The molecule has 5 rings (SSSR count). The molecule has 3 aromatic carbocycles. The van der Waals surface area contributed by atoms with Crippen LogP contribution in [0.2, 0.25) is 10.0 Å². The summed E-state index contributed by atoms with van der Waals surface area (Å²) in [6.07, 6.45) is 0.588. The molecule has 0 bridgehead atoms. The smallest absolute Gasteiger partial charge is 0.157 e. The van der Waals surface area contributed by atoms with Crippen molar-refractivity contribution in [3.63, 3.8) is 0 Å². The SMILES string of the molecule is Cl.Clc1ccc(OCc2ccccc2)c(Cc2cccc(-c3nc4ccc(Cl)cc4[nH]3)n2)c1. The highest BCUT2D eigenvalue weighted by atomic mass is 35.5. The van der Waals surface area contributed by atoms with Crippen molar-refractivity contribution in [2.24, 2.45) is 0 Å². The van der Waals surface area contributed by atoms with Gasteiger partial charge in [0.15, 0.2) is 5.82 Å². The number of rotatable bonds is 6. The molecule has 0 radical (unpaired) electrons. The Labute approximate surface area is 208 Å². The fraction of sp³-hybridized carbons (Fsp3) is 0.0769. The summed E-state index contributed by atoms with van der Waals surface area (Å²) in [4.78, 5) is 12.8. The van der Waals surface area contributed by atoms with Gasteiger partial charge in [-0.3, -0.25) is 0 Å². The number of aromatic nitrogens is 3. The number of ether oxygens (including phenoxy) is 1. The van der Waals surface area contributed by atoms with Crippen molar-refractivity contribution in [3.8, 4) is 17.3 Å². The molecule has 33 heavy (non-hydrogen) atoms. The Morgan fingerprint density at radius 3 is 2.42 bits per heavy atom. The largest absolute Gasteiger partial charge is 0.489 e. The van der Waals surface area contributed by atoms with E-state index < -0.39 is 0 Å². The molecule has 166 valence electrons. The van der Waals surface area contributed by atoms with Gasteiger partial charge in [-0.05, 0) is 54.1 Å². The highest BCUT2D eigenvalue weighted by molar-refractivity contribution is 6.31. The van der Waals surface area contributed by atoms with Crippen molar-refractivity contribution >= 4 is 46.6 Å². The average Bonchev–Trinajstić information content (AvgIpc) is 3.23. The van der Waals surface area contributed by atoms with Gasteiger partial charge < -0.3 is 9.72 Å². The number of hydrogen-bond acceptors (Lipinski definition) is 3. The van der Waals surface area contributed by atoms with Gasteiger partial charge in [0.2, 0.25) is 0 Å². The minimum atomic E-state index is 0. The fourth-order valence-electron chi connectivity index (χ4n) is 3.57. The monoisotopic (exact) mass is 495 g/mol. The maximum absolute atomic E-state index is 6.28. The maximum atomic E-state index is 6.28. The zero-order valence-electron chi connectivity index (χ0n) is 17.5. The van der Waals surface area contributed by atoms with E-state index in [4.69, 9.17) is 32.9 Å². The zero-order valence-corrected chi connectivity index (χ0v) is 19.8. The summed E-state index contributed by atoms with van der Waals surface area (Å²) >= 11 is 12.4. The molecule has 4 nitrogen and oxygen atoms in total. The van der Waals surface area contributed by atoms with E-state index >= 15 is 0 Å². The molecule has 0 saturated carbocycles. The molecule has 0 aliphatic heterocycles. The highest BCUT2D eigenvalue weighted by Crippen LogP contribution is 2.27. The summed E-state index contributed by atoms with van der Waals surface area (Å²) in [7, 11) is 0. The van der Waals surface area contributed by atoms with E-state index in [1.54, 1.807) is 0 Å². The average molecular weight is 497 g/mol. The van der Waals surface area contributed by atoms with Crippen molar-refractivity contribution in [3.05, 3.63) is 112 Å². The van der Waals surface area contributed by atoms with E-state index in [0.29, 0.717) is 28.9 Å². The number of halogens is 3. The summed E-state index contributed by atoms with van der Waals surface area (Å²) in [5.74, 6) is 1.50. The Morgan fingerprint density at radius 1 is 0.788 bits per heavy atom. The van der Waals surface area contributed by atoms with E-state index in [0.717, 1.165) is 39.3 Å². The molecular weight excluding hydrogens is 477 g/mol. The number of imidazole rings is 1.